The van der Waals surface area contributed by atoms with Crippen LogP contribution in [0.25, 0.3) is 12.2 Å². The number of carbonyl (C=O) groups excluding carboxylic acids is 2. The van der Waals surface area contributed by atoms with Gasteiger partial charge in [-0.2, -0.15) is 0 Å². The van der Waals surface area contributed by atoms with Crippen molar-refractivity contribution in [1.82, 2.24) is 4.98 Å². The fraction of sp³-hybridized carbons (Fsp3) is 0. The van der Waals surface area contributed by atoms with Gasteiger partial charge in [-0.05, 0) is 47.5 Å². The number of nitrogens with one attached hydrogen (secondary N) is 2. The Labute approximate surface area is 172 Å². The maximum atomic E-state index is 12.3. The van der Waals surface area contributed by atoms with E-state index < -0.39 is 0 Å². The minimum atomic E-state index is -0.246. The molecule has 0 radical (unpaired) electrons. The average molecular weight is 399 g/mol. The van der Waals surface area contributed by atoms with Crippen molar-refractivity contribution in [2.45, 2.75) is 4.90 Å². The smallest absolute Gasteiger partial charge is 0.262 e. The molecule has 5 nitrogen and oxygen atoms in total. The van der Waals surface area contributed by atoms with Crippen LogP contribution in [-0.2, 0) is 9.59 Å². The number of amides is 2. The van der Waals surface area contributed by atoms with Crippen molar-refractivity contribution in [3.05, 3.63) is 95.0 Å². The van der Waals surface area contributed by atoms with Crippen molar-refractivity contribution < 1.29 is 9.59 Å². The average Bonchev–Trinajstić information content (AvgIpc) is 2.74. The van der Waals surface area contributed by atoms with Crippen molar-refractivity contribution in [2.75, 3.05) is 10.6 Å². The number of pyridine rings is 1. The molecule has 2 N–H and O–H groups in total. The summed E-state index contributed by atoms with van der Waals surface area (Å²) in [7, 11) is 0. The quantitative estimate of drug-likeness (QED) is 0.617. The van der Waals surface area contributed by atoms with Crippen LogP contribution in [-0.4, -0.2) is 16.8 Å². The summed E-state index contributed by atoms with van der Waals surface area (Å²) in [5.74, 6) is 0.154. The Hall–Kier alpha value is -3.64. The molecule has 2 amide bonds. The summed E-state index contributed by atoms with van der Waals surface area (Å²) in [6, 6.07) is 20.7. The first-order valence-electron chi connectivity index (χ1n) is 8.97. The van der Waals surface area contributed by atoms with Crippen LogP contribution in [0.5, 0.6) is 0 Å². The third-order valence-corrected chi connectivity index (χ3v) is 5.26. The molecule has 0 atom stereocenters. The Kier molecular flexibility index (Phi) is 5.54. The molecule has 6 heteroatoms. The van der Waals surface area contributed by atoms with Crippen LogP contribution in [0.4, 0.5) is 11.5 Å². The number of para-hydroxylation sites is 1. The SMILES string of the molecule is O=C(/C=C/c1ccc(/C=C2\Sc3ccccc3NC2=O)cc1)Nc1ccccn1. The Morgan fingerprint density at radius 2 is 1.72 bits per heavy atom. The molecule has 4 rings (SSSR count). The van der Waals surface area contributed by atoms with Gasteiger partial charge < -0.3 is 10.6 Å². The lowest BCUT2D eigenvalue weighted by Crippen LogP contribution is -2.17. The van der Waals surface area contributed by atoms with Gasteiger partial charge in [0.15, 0.2) is 0 Å². The molecule has 0 spiro atoms. The third-order valence-electron chi connectivity index (χ3n) is 4.16. The number of aromatic nitrogens is 1. The second-order valence-corrected chi connectivity index (χ2v) is 7.35. The first-order chi connectivity index (χ1) is 14.2. The number of thioether (sulfide) groups is 1. The molecule has 1 aliphatic heterocycles. The van der Waals surface area contributed by atoms with Gasteiger partial charge in [0.25, 0.3) is 5.91 Å². The van der Waals surface area contributed by atoms with Gasteiger partial charge in [0.05, 0.1) is 10.6 Å². The summed E-state index contributed by atoms with van der Waals surface area (Å²) >= 11 is 1.46. The normalized spacial score (nSPS) is 14.5. The molecule has 1 aromatic heterocycles. The fourth-order valence-electron chi connectivity index (χ4n) is 2.73. The van der Waals surface area contributed by atoms with Gasteiger partial charge in [0.1, 0.15) is 5.82 Å². The van der Waals surface area contributed by atoms with E-state index in [1.165, 1.54) is 17.8 Å². The fourth-order valence-corrected chi connectivity index (χ4v) is 3.69. The van der Waals surface area contributed by atoms with E-state index in [0.717, 1.165) is 21.7 Å². The molecule has 29 heavy (non-hydrogen) atoms. The van der Waals surface area contributed by atoms with E-state index in [9.17, 15) is 9.59 Å². The Bertz CT molecular complexity index is 1110. The number of hydrogen-bond acceptors (Lipinski definition) is 4. The van der Waals surface area contributed by atoms with Crippen molar-refractivity contribution >= 4 is 47.2 Å². The zero-order valence-electron chi connectivity index (χ0n) is 15.3. The highest BCUT2D eigenvalue weighted by Gasteiger charge is 2.20. The standard InChI is InChI=1S/C23H17N3O2S/c27-22(26-21-7-3-4-14-24-21)13-12-16-8-10-17(11-9-16)15-20-23(28)25-18-5-1-2-6-19(18)29-20/h1-15H,(H,25,28)(H,24,26,27)/b13-12+,20-15-. The Morgan fingerprint density at radius 1 is 0.966 bits per heavy atom. The molecule has 142 valence electrons. The van der Waals surface area contributed by atoms with Crippen LogP contribution in [0.1, 0.15) is 11.1 Å². The number of nitrogens with zero attached hydrogens (tertiary/aromatic N) is 1. The molecule has 2 aromatic carbocycles. The largest absolute Gasteiger partial charge is 0.320 e. The first-order valence-corrected chi connectivity index (χ1v) is 9.79. The summed E-state index contributed by atoms with van der Waals surface area (Å²) in [6.45, 7) is 0. The minimum Gasteiger partial charge on any atom is -0.320 e. The summed E-state index contributed by atoms with van der Waals surface area (Å²) in [5, 5.41) is 5.60. The van der Waals surface area contributed by atoms with Crippen LogP contribution < -0.4 is 10.6 Å². The van der Waals surface area contributed by atoms with E-state index in [4.69, 9.17) is 0 Å². The lowest BCUT2D eigenvalue weighted by atomic mass is 10.1. The second kappa shape index (κ2) is 8.58. The van der Waals surface area contributed by atoms with Crippen molar-refractivity contribution in [3.8, 4) is 0 Å². The topological polar surface area (TPSA) is 71.1 Å². The van der Waals surface area contributed by atoms with E-state index in [-0.39, 0.29) is 11.8 Å². The Balaban J connectivity index is 1.42. The number of benzene rings is 2. The number of carbonyl (C=O) groups is 2. The first kappa shape index (κ1) is 18.7. The molecule has 0 saturated heterocycles. The predicted molar refractivity (Wildman–Crippen MR) is 117 cm³/mol. The summed E-state index contributed by atoms with van der Waals surface area (Å²) in [5.41, 5.74) is 2.63. The number of rotatable bonds is 4. The van der Waals surface area contributed by atoms with Gasteiger partial charge in [-0.25, -0.2) is 4.98 Å². The van der Waals surface area contributed by atoms with Crippen molar-refractivity contribution in [1.29, 1.82) is 0 Å². The molecular formula is C23H17N3O2S. The molecule has 2 heterocycles. The molecule has 0 bridgehead atoms. The highest BCUT2D eigenvalue weighted by molar-refractivity contribution is 8.04. The van der Waals surface area contributed by atoms with Crippen LogP contribution in [0.3, 0.4) is 0 Å². The highest BCUT2D eigenvalue weighted by atomic mass is 32.2. The molecular weight excluding hydrogens is 382 g/mol. The van der Waals surface area contributed by atoms with Gasteiger partial charge in [-0.15, -0.1) is 0 Å². The summed E-state index contributed by atoms with van der Waals surface area (Å²) in [6.07, 6.45) is 6.67. The van der Waals surface area contributed by atoms with Crippen LogP contribution in [0, 0.1) is 0 Å². The highest BCUT2D eigenvalue weighted by Crippen LogP contribution is 2.38. The maximum Gasteiger partial charge on any atom is 0.262 e. The monoisotopic (exact) mass is 399 g/mol. The van der Waals surface area contributed by atoms with Gasteiger partial charge >= 0.3 is 0 Å². The molecule has 1 aliphatic rings. The zero-order valence-corrected chi connectivity index (χ0v) is 16.1. The van der Waals surface area contributed by atoms with Gasteiger partial charge in [0.2, 0.25) is 5.91 Å². The van der Waals surface area contributed by atoms with Crippen LogP contribution >= 0.6 is 11.8 Å². The third kappa shape index (κ3) is 4.80. The number of hydrogen-bond donors (Lipinski definition) is 2. The minimum absolute atomic E-state index is 0.108. The molecule has 0 aliphatic carbocycles. The van der Waals surface area contributed by atoms with E-state index >= 15 is 0 Å². The lowest BCUT2D eigenvalue weighted by Gasteiger charge is -2.18. The molecule has 0 unspecified atom stereocenters. The van der Waals surface area contributed by atoms with E-state index in [0.29, 0.717) is 10.7 Å². The van der Waals surface area contributed by atoms with E-state index in [2.05, 4.69) is 15.6 Å². The van der Waals surface area contributed by atoms with Gasteiger partial charge in [-0.1, -0.05) is 54.2 Å². The van der Waals surface area contributed by atoms with Crippen molar-refractivity contribution in [3.63, 3.8) is 0 Å². The molecule has 0 fully saturated rings. The zero-order chi connectivity index (χ0) is 20.1. The van der Waals surface area contributed by atoms with Gasteiger partial charge in [-0.3, -0.25) is 9.59 Å². The second-order valence-electron chi connectivity index (χ2n) is 6.27. The van der Waals surface area contributed by atoms with Crippen LogP contribution in [0.2, 0.25) is 0 Å². The molecule has 3 aromatic rings. The summed E-state index contributed by atoms with van der Waals surface area (Å²) < 4.78 is 0. The number of anilines is 2. The van der Waals surface area contributed by atoms with Crippen LogP contribution in [0.15, 0.2) is 88.8 Å². The van der Waals surface area contributed by atoms with E-state index in [1.807, 2.05) is 60.7 Å². The van der Waals surface area contributed by atoms with Crippen molar-refractivity contribution in [2.24, 2.45) is 0 Å². The summed E-state index contributed by atoms with van der Waals surface area (Å²) in [4.78, 5) is 30.0. The molecule has 0 saturated carbocycles. The Morgan fingerprint density at radius 3 is 2.52 bits per heavy atom. The maximum absolute atomic E-state index is 12.3. The predicted octanol–water partition coefficient (Wildman–Crippen LogP) is 4.82. The van der Waals surface area contributed by atoms with E-state index in [1.54, 1.807) is 24.4 Å². The number of fused-ring (bicyclic) bond motifs is 1. The lowest BCUT2D eigenvalue weighted by molar-refractivity contribution is -0.112. The van der Waals surface area contributed by atoms with Gasteiger partial charge in [0, 0.05) is 17.2 Å².